The number of aryl methyl sites for hydroxylation is 1. The maximum atomic E-state index is 12.3. The van der Waals surface area contributed by atoms with Crippen molar-refractivity contribution < 1.29 is 13.2 Å². The fourth-order valence-corrected chi connectivity index (χ4v) is 3.15. The molecule has 0 spiro atoms. The molecule has 0 aliphatic carbocycles. The van der Waals surface area contributed by atoms with Gasteiger partial charge in [0.1, 0.15) is 17.9 Å². The molecule has 114 valence electrons. The summed E-state index contributed by atoms with van der Waals surface area (Å²) in [4.78, 5) is 0.0646. The first-order valence-corrected chi connectivity index (χ1v) is 7.63. The number of nitrogen functional groups attached to an aromatic ring is 1. The van der Waals surface area contributed by atoms with Crippen LogP contribution in [0.1, 0.15) is 18.8 Å². The second-order valence-corrected chi connectivity index (χ2v) is 6.26. The number of rotatable bonds is 5. The molecule has 0 radical (unpaired) electrons. The van der Waals surface area contributed by atoms with Gasteiger partial charge in [0, 0.05) is 7.05 Å². The Bertz CT molecular complexity index is 741. The van der Waals surface area contributed by atoms with Gasteiger partial charge in [-0.15, -0.1) is 10.2 Å². The lowest BCUT2D eigenvalue weighted by Gasteiger charge is -2.14. The van der Waals surface area contributed by atoms with Gasteiger partial charge in [-0.2, -0.15) is 0 Å². The maximum Gasteiger partial charge on any atom is 0.241 e. The summed E-state index contributed by atoms with van der Waals surface area (Å²) in [5.74, 6) is 0.940. The van der Waals surface area contributed by atoms with Crippen molar-refractivity contribution >= 4 is 15.7 Å². The normalized spacial score (nSPS) is 13.1. The summed E-state index contributed by atoms with van der Waals surface area (Å²) in [6, 6.07) is 3.77. The zero-order chi connectivity index (χ0) is 15.6. The minimum absolute atomic E-state index is 0.0646. The van der Waals surface area contributed by atoms with E-state index in [9.17, 15) is 8.42 Å². The van der Waals surface area contributed by atoms with Crippen LogP contribution >= 0.6 is 0 Å². The van der Waals surface area contributed by atoms with Crippen LogP contribution in [0.4, 0.5) is 5.69 Å². The zero-order valence-electron chi connectivity index (χ0n) is 11.9. The molecule has 0 saturated heterocycles. The van der Waals surface area contributed by atoms with E-state index in [1.54, 1.807) is 18.5 Å². The minimum atomic E-state index is -3.72. The lowest BCUT2D eigenvalue weighted by Crippen LogP contribution is -2.28. The number of aromatic nitrogens is 3. The summed E-state index contributed by atoms with van der Waals surface area (Å²) in [6.45, 7) is 1.69. The van der Waals surface area contributed by atoms with E-state index >= 15 is 0 Å². The number of sulfonamides is 1. The molecule has 0 fully saturated rings. The Morgan fingerprint density at radius 2 is 2.14 bits per heavy atom. The Labute approximate surface area is 123 Å². The van der Waals surface area contributed by atoms with Crippen molar-refractivity contribution in [2.45, 2.75) is 17.9 Å². The third-order valence-electron chi connectivity index (χ3n) is 2.98. The number of hydrogen-bond acceptors (Lipinski definition) is 6. The molecule has 8 nitrogen and oxygen atoms in total. The van der Waals surface area contributed by atoms with Gasteiger partial charge < -0.3 is 15.0 Å². The highest BCUT2D eigenvalue weighted by Crippen LogP contribution is 2.25. The first-order valence-electron chi connectivity index (χ1n) is 6.15. The highest BCUT2D eigenvalue weighted by Gasteiger charge is 2.21. The van der Waals surface area contributed by atoms with Crippen molar-refractivity contribution in [2.24, 2.45) is 7.05 Å². The first kappa shape index (κ1) is 15.3. The van der Waals surface area contributed by atoms with E-state index < -0.39 is 16.1 Å². The topological polar surface area (TPSA) is 112 Å². The van der Waals surface area contributed by atoms with Crippen LogP contribution in [0, 0.1) is 0 Å². The lowest BCUT2D eigenvalue weighted by atomic mass is 10.3. The molecule has 2 aromatic rings. The van der Waals surface area contributed by atoms with Gasteiger partial charge in [-0.25, -0.2) is 13.1 Å². The number of nitrogens with zero attached hydrogens (tertiary/aromatic N) is 3. The molecular weight excluding hydrogens is 294 g/mol. The van der Waals surface area contributed by atoms with E-state index in [4.69, 9.17) is 10.5 Å². The number of hydrogen-bond donors (Lipinski definition) is 2. The predicted molar refractivity (Wildman–Crippen MR) is 77.1 cm³/mol. The Morgan fingerprint density at radius 1 is 1.43 bits per heavy atom. The summed E-state index contributed by atoms with van der Waals surface area (Å²) in [6.07, 6.45) is 1.51. The molecule has 0 aliphatic heterocycles. The second kappa shape index (κ2) is 5.70. The summed E-state index contributed by atoms with van der Waals surface area (Å²) < 4.78 is 33.9. The van der Waals surface area contributed by atoms with Crippen molar-refractivity contribution in [3.8, 4) is 5.75 Å². The predicted octanol–water partition coefficient (Wildman–Crippen LogP) is 0.445. The van der Waals surface area contributed by atoms with Gasteiger partial charge in [0.25, 0.3) is 0 Å². The van der Waals surface area contributed by atoms with E-state index in [0.717, 1.165) is 0 Å². The van der Waals surface area contributed by atoms with Crippen LogP contribution in [0.25, 0.3) is 0 Å². The fraction of sp³-hybridized carbons (Fsp3) is 0.333. The van der Waals surface area contributed by atoms with Crippen LogP contribution in [-0.4, -0.2) is 30.3 Å². The van der Waals surface area contributed by atoms with Crippen LogP contribution < -0.4 is 15.2 Å². The highest BCUT2D eigenvalue weighted by molar-refractivity contribution is 7.89. The van der Waals surface area contributed by atoms with Crippen LogP contribution in [0.2, 0.25) is 0 Å². The van der Waals surface area contributed by atoms with Crippen molar-refractivity contribution in [2.75, 3.05) is 12.8 Å². The molecule has 1 aromatic carbocycles. The Balaban J connectivity index is 2.26. The summed E-state index contributed by atoms with van der Waals surface area (Å²) in [5.41, 5.74) is 5.99. The molecule has 1 heterocycles. The van der Waals surface area contributed by atoms with E-state index in [1.165, 1.54) is 31.6 Å². The number of nitrogens with one attached hydrogen (secondary N) is 1. The van der Waals surface area contributed by atoms with Crippen LogP contribution in [-0.2, 0) is 17.1 Å². The highest BCUT2D eigenvalue weighted by atomic mass is 32.2. The molecule has 2 rings (SSSR count). The maximum absolute atomic E-state index is 12.3. The van der Waals surface area contributed by atoms with E-state index in [2.05, 4.69) is 14.9 Å². The quantitative estimate of drug-likeness (QED) is 0.775. The summed E-state index contributed by atoms with van der Waals surface area (Å²) in [7, 11) is -0.508. The van der Waals surface area contributed by atoms with E-state index in [-0.39, 0.29) is 10.6 Å². The average Bonchev–Trinajstić information content (AvgIpc) is 2.84. The van der Waals surface area contributed by atoms with Gasteiger partial charge in [-0.05, 0) is 25.1 Å². The minimum Gasteiger partial charge on any atom is -0.495 e. The van der Waals surface area contributed by atoms with Crippen molar-refractivity contribution in [1.29, 1.82) is 0 Å². The van der Waals surface area contributed by atoms with Gasteiger partial charge in [-0.1, -0.05) is 0 Å². The summed E-state index contributed by atoms with van der Waals surface area (Å²) >= 11 is 0. The average molecular weight is 311 g/mol. The molecule has 1 unspecified atom stereocenters. The van der Waals surface area contributed by atoms with Gasteiger partial charge in [0.15, 0.2) is 0 Å². The lowest BCUT2D eigenvalue weighted by molar-refractivity contribution is 0.416. The van der Waals surface area contributed by atoms with E-state index in [1.807, 2.05) is 0 Å². The van der Waals surface area contributed by atoms with Gasteiger partial charge >= 0.3 is 0 Å². The molecule has 0 saturated carbocycles. The molecule has 3 N–H and O–H groups in total. The zero-order valence-corrected chi connectivity index (χ0v) is 12.8. The molecule has 0 aliphatic rings. The molecule has 1 aromatic heterocycles. The molecule has 0 amide bonds. The molecule has 0 bridgehead atoms. The first-order chi connectivity index (χ1) is 9.85. The number of methoxy groups -OCH3 is 1. The Kier molecular flexibility index (Phi) is 4.14. The third-order valence-corrected chi connectivity index (χ3v) is 4.52. The summed E-state index contributed by atoms with van der Waals surface area (Å²) in [5, 5.41) is 7.60. The Hall–Kier alpha value is -2.13. The molecule has 21 heavy (non-hydrogen) atoms. The van der Waals surface area contributed by atoms with Crippen LogP contribution in [0.15, 0.2) is 29.4 Å². The van der Waals surface area contributed by atoms with Crippen LogP contribution in [0.5, 0.6) is 5.75 Å². The standard InChI is InChI=1S/C12H17N5O3S/c1-8(12-15-14-7-17(12)2)16-21(18,19)9-4-5-11(20-3)10(13)6-9/h4-8,16H,13H2,1-3H3. The van der Waals surface area contributed by atoms with Crippen molar-refractivity contribution in [3.63, 3.8) is 0 Å². The smallest absolute Gasteiger partial charge is 0.241 e. The third kappa shape index (κ3) is 3.14. The van der Waals surface area contributed by atoms with Gasteiger partial charge in [-0.3, -0.25) is 0 Å². The number of benzene rings is 1. The SMILES string of the molecule is COc1ccc(S(=O)(=O)NC(C)c2nncn2C)cc1N. The van der Waals surface area contributed by atoms with E-state index in [0.29, 0.717) is 11.6 Å². The van der Waals surface area contributed by atoms with Gasteiger partial charge in [0.2, 0.25) is 10.0 Å². The van der Waals surface area contributed by atoms with Crippen molar-refractivity contribution in [3.05, 3.63) is 30.4 Å². The van der Waals surface area contributed by atoms with Crippen molar-refractivity contribution in [1.82, 2.24) is 19.5 Å². The van der Waals surface area contributed by atoms with Gasteiger partial charge in [0.05, 0.1) is 23.7 Å². The second-order valence-electron chi connectivity index (χ2n) is 4.55. The molecular formula is C12H17N5O3S. The fourth-order valence-electron chi connectivity index (χ4n) is 1.92. The monoisotopic (exact) mass is 311 g/mol. The number of anilines is 1. The Morgan fingerprint density at radius 3 is 2.67 bits per heavy atom. The molecule has 9 heteroatoms. The van der Waals surface area contributed by atoms with Crippen LogP contribution in [0.3, 0.4) is 0 Å². The molecule has 1 atom stereocenters. The number of ether oxygens (including phenoxy) is 1. The largest absolute Gasteiger partial charge is 0.495 e. The number of nitrogens with two attached hydrogens (primary N) is 1.